The molecule has 0 bridgehead atoms. The van der Waals surface area contributed by atoms with E-state index in [1.165, 1.54) is 12.1 Å². The van der Waals surface area contributed by atoms with E-state index in [4.69, 9.17) is 4.42 Å². The Bertz CT molecular complexity index is 785. The average molecular weight is 359 g/mol. The van der Waals surface area contributed by atoms with Gasteiger partial charge in [-0.2, -0.15) is 0 Å². The van der Waals surface area contributed by atoms with Crippen LogP contribution >= 0.6 is 11.3 Å². The lowest BCUT2D eigenvalue weighted by molar-refractivity contribution is -0.684. The molecule has 0 saturated heterocycles. The number of furan rings is 1. The quantitative estimate of drug-likeness (QED) is 0.681. The first-order valence-corrected chi connectivity index (χ1v) is 8.96. The van der Waals surface area contributed by atoms with E-state index in [-0.39, 0.29) is 30.4 Å². The predicted octanol–water partition coefficient (Wildman–Crippen LogP) is 3.01. The first-order chi connectivity index (χ1) is 12.1. The molecular weight excluding hydrogens is 339 g/mol. The topological polar surface area (TPSA) is 58.9 Å². The monoisotopic (exact) mass is 359 g/mol. The van der Waals surface area contributed by atoms with E-state index < -0.39 is 0 Å². The van der Waals surface area contributed by atoms with E-state index in [1.54, 1.807) is 29.7 Å². The van der Waals surface area contributed by atoms with E-state index in [1.807, 2.05) is 41.9 Å². The molecule has 1 aromatic carbocycles. The highest BCUT2D eigenvalue weighted by Crippen LogP contribution is 2.26. The smallest absolute Gasteiger partial charge is 0.275 e. The van der Waals surface area contributed by atoms with Crippen molar-refractivity contribution < 1.29 is 18.9 Å². The molecule has 130 valence electrons. The number of halogens is 1. The molecule has 2 aromatic heterocycles. The number of nitrogens with two attached hydrogens (primary N) is 1. The van der Waals surface area contributed by atoms with Crippen molar-refractivity contribution in [2.75, 3.05) is 6.54 Å². The molecule has 3 N–H and O–H groups in total. The number of nitrogens with one attached hydrogen (secondary N) is 1. The Balaban J connectivity index is 1.66. The summed E-state index contributed by atoms with van der Waals surface area (Å²) in [4.78, 5) is 13.4. The van der Waals surface area contributed by atoms with Crippen LogP contribution in [0.15, 0.2) is 64.6 Å². The Morgan fingerprint density at radius 3 is 2.68 bits per heavy atom. The second-order valence-corrected chi connectivity index (χ2v) is 6.79. The number of thiophene rings is 1. The molecule has 1 amide bonds. The van der Waals surface area contributed by atoms with Crippen molar-refractivity contribution in [1.29, 1.82) is 0 Å². The summed E-state index contributed by atoms with van der Waals surface area (Å²) >= 11 is 1.56. The third-order valence-corrected chi connectivity index (χ3v) is 4.92. The first-order valence-electron chi connectivity index (χ1n) is 8.08. The largest absolute Gasteiger partial charge is 0.463 e. The van der Waals surface area contributed by atoms with Crippen LogP contribution in [0.4, 0.5) is 4.39 Å². The fourth-order valence-electron chi connectivity index (χ4n) is 2.60. The molecule has 0 aliphatic carbocycles. The molecule has 2 atom stereocenters. The summed E-state index contributed by atoms with van der Waals surface area (Å²) in [6, 6.07) is 13.6. The van der Waals surface area contributed by atoms with Gasteiger partial charge >= 0.3 is 0 Å². The van der Waals surface area contributed by atoms with Gasteiger partial charge in [-0.05, 0) is 48.2 Å². The van der Waals surface area contributed by atoms with Crippen LogP contribution < -0.4 is 10.6 Å². The summed E-state index contributed by atoms with van der Waals surface area (Å²) < 4.78 is 18.6. The minimum Gasteiger partial charge on any atom is -0.463 e. The van der Waals surface area contributed by atoms with Gasteiger partial charge in [-0.25, -0.2) is 4.39 Å². The second kappa shape index (κ2) is 8.09. The van der Waals surface area contributed by atoms with E-state index in [0.29, 0.717) is 0 Å². The van der Waals surface area contributed by atoms with Crippen molar-refractivity contribution in [1.82, 2.24) is 5.32 Å². The number of amides is 1. The molecule has 0 spiro atoms. The van der Waals surface area contributed by atoms with Crippen LogP contribution in [-0.4, -0.2) is 12.5 Å². The van der Waals surface area contributed by atoms with Gasteiger partial charge in [0.25, 0.3) is 5.91 Å². The molecule has 4 nitrogen and oxygen atoms in total. The van der Waals surface area contributed by atoms with Gasteiger partial charge in [0.2, 0.25) is 0 Å². The lowest BCUT2D eigenvalue weighted by Gasteiger charge is -2.18. The fraction of sp³-hybridized carbons (Fsp3) is 0.211. The molecule has 0 aliphatic heterocycles. The summed E-state index contributed by atoms with van der Waals surface area (Å²) in [7, 11) is 0. The van der Waals surface area contributed by atoms with Gasteiger partial charge in [-0.1, -0.05) is 18.2 Å². The van der Waals surface area contributed by atoms with Crippen LogP contribution in [0.3, 0.4) is 0 Å². The molecule has 0 fully saturated rings. The third kappa shape index (κ3) is 4.55. The molecule has 0 unspecified atom stereocenters. The maximum Gasteiger partial charge on any atom is 0.275 e. The zero-order valence-electron chi connectivity index (χ0n) is 13.8. The number of rotatable bonds is 7. The van der Waals surface area contributed by atoms with Gasteiger partial charge in [0, 0.05) is 4.88 Å². The van der Waals surface area contributed by atoms with E-state index >= 15 is 0 Å². The first kappa shape index (κ1) is 17.4. The summed E-state index contributed by atoms with van der Waals surface area (Å²) in [6.45, 7) is 2.27. The normalized spacial score (nSPS) is 13.4. The molecule has 0 saturated carbocycles. The molecule has 3 rings (SSSR count). The summed E-state index contributed by atoms with van der Waals surface area (Å²) in [6.07, 6.45) is 1.63. The molecular formula is C19H20FN2O2S+. The van der Waals surface area contributed by atoms with Gasteiger partial charge in [0.1, 0.15) is 11.9 Å². The number of benzene rings is 1. The molecule has 3 aromatic rings. The van der Waals surface area contributed by atoms with Crippen LogP contribution in [0.1, 0.15) is 35.2 Å². The van der Waals surface area contributed by atoms with Crippen LogP contribution in [0.25, 0.3) is 0 Å². The highest BCUT2D eigenvalue weighted by molar-refractivity contribution is 7.10. The highest BCUT2D eigenvalue weighted by atomic mass is 32.1. The van der Waals surface area contributed by atoms with Crippen molar-refractivity contribution in [3.05, 3.63) is 82.2 Å². The zero-order chi connectivity index (χ0) is 17.6. The van der Waals surface area contributed by atoms with Crippen LogP contribution in [0, 0.1) is 5.82 Å². The predicted molar refractivity (Wildman–Crippen MR) is 94.6 cm³/mol. The fourth-order valence-corrected chi connectivity index (χ4v) is 3.40. The summed E-state index contributed by atoms with van der Waals surface area (Å²) in [5.74, 6) is 0.461. The van der Waals surface area contributed by atoms with E-state index in [9.17, 15) is 9.18 Å². The molecule has 25 heavy (non-hydrogen) atoms. The summed E-state index contributed by atoms with van der Waals surface area (Å²) in [5, 5.41) is 6.93. The Kier molecular flexibility index (Phi) is 5.63. The Morgan fingerprint density at radius 1 is 1.24 bits per heavy atom. The SMILES string of the molecule is C[C@@H]([NH2+]CC(=O)N[C@H](c1ccc(F)cc1)c1cccs1)c1ccco1. The van der Waals surface area contributed by atoms with Gasteiger partial charge in [-0.15, -0.1) is 11.3 Å². The van der Waals surface area contributed by atoms with Crippen molar-refractivity contribution >= 4 is 17.2 Å². The number of carbonyl (C=O) groups is 1. The van der Waals surface area contributed by atoms with E-state index in [0.717, 1.165) is 16.2 Å². The molecule has 0 aliphatic rings. The van der Waals surface area contributed by atoms with Crippen LogP contribution in [0.2, 0.25) is 0 Å². The molecule has 6 heteroatoms. The molecule has 2 heterocycles. The number of hydrogen-bond donors (Lipinski definition) is 2. The lowest BCUT2D eigenvalue weighted by atomic mass is 10.1. The van der Waals surface area contributed by atoms with Crippen molar-refractivity contribution in [2.45, 2.75) is 19.0 Å². The summed E-state index contributed by atoms with van der Waals surface area (Å²) in [5.41, 5.74) is 0.858. The minimum atomic E-state index is -0.291. The van der Waals surface area contributed by atoms with Gasteiger partial charge < -0.3 is 15.1 Å². The highest BCUT2D eigenvalue weighted by Gasteiger charge is 2.20. The maximum atomic E-state index is 13.2. The number of hydrogen-bond acceptors (Lipinski definition) is 3. The van der Waals surface area contributed by atoms with Gasteiger partial charge in [0.05, 0.1) is 12.3 Å². The second-order valence-electron chi connectivity index (χ2n) is 5.81. The standard InChI is InChI=1S/C19H19FN2O2S/c1-13(16-4-2-10-24-16)21-12-18(23)22-19(17-5-3-11-25-17)14-6-8-15(20)9-7-14/h2-11,13,19,21H,12H2,1H3,(H,22,23)/p+1/t13-,19-/m1/s1. The van der Waals surface area contributed by atoms with Crippen LogP contribution in [0.5, 0.6) is 0 Å². The van der Waals surface area contributed by atoms with Crippen molar-refractivity contribution in [3.63, 3.8) is 0 Å². The minimum absolute atomic E-state index is 0.0618. The lowest BCUT2D eigenvalue weighted by Crippen LogP contribution is -2.87. The average Bonchev–Trinajstić information content (AvgIpc) is 3.31. The Morgan fingerprint density at radius 2 is 2.04 bits per heavy atom. The molecule has 0 radical (unpaired) electrons. The zero-order valence-corrected chi connectivity index (χ0v) is 14.6. The van der Waals surface area contributed by atoms with Crippen LogP contribution in [-0.2, 0) is 4.79 Å². The number of quaternary nitrogens is 1. The number of carbonyl (C=O) groups excluding carboxylic acids is 1. The van der Waals surface area contributed by atoms with Gasteiger partial charge in [-0.3, -0.25) is 4.79 Å². The van der Waals surface area contributed by atoms with E-state index in [2.05, 4.69) is 5.32 Å². The van der Waals surface area contributed by atoms with Crippen molar-refractivity contribution in [2.24, 2.45) is 0 Å². The maximum absolute atomic E-state index is 13.2. The Labute approximate surface area is 149 Å². The Hall–Kier alpha value is -2.44. The van der Waals surface area contributed by atoms with Gasteiger partial charge in [0.15, 0.2) is 12.3 Å². The van der Waals surface area contributed by atoms with Crippen molar-refractivity contribution in [3.8, 4) is 0 Å². The third-order valence-electron chi connectivity index (χ3n) is 3.99.